The van der Waals surface area contributed by atoms with E-state index in [1.807, 2.05) is 12.5 Å². The van der Waals surface area contributed by atoms with Crippen molar-refractivity contribution in [3.8, 4) is 0 Å². The van der Waals surface area contributed by atoms with Crippen LogP contribution in [0, 0.1) is 0 Å². The minimum Gasteiger partial charge on any atom is -0.331 e. The van der Waals surface area contributed by atoms with E-state index >= 15 is 0 Å². The molecule has 3 nitrogen and oxygen atoms in total. The largest absolute Gasteiger partial charge is 0.331 e. The zero-order chi connectivity index (χ0) is 10.7. The second-order valence-corrected chi connectivity index (χ2v) is 4.43. The molecular formula is C12H21N3. The summed E-state index contributed by atoms with van der Waals surface area (Å²) in [6.07, 6.45) is 7.78. The highest BCUT2D eigenvalue weighted by molar-refractivity contribution is 5.12. The number of imidazole rings is 1. The van der Waals surface area contributed by atoms with Crippen LogP contribution in [-0.4, -0.2) is 22.6 Å². The molecule has 0 bridgehead atoms. The molecule has 84 valence electrons. The van der Waals surface area contributed by atoms with E-state index in [1.54, 1.807) is 0 Å². The molecule has 1 fully saturated rings. The monoisotopic (exact) mass is 207 g/mol. The molecule has 1 N–H and O–H groups in total. The minimum atomic E-state index is 0.646. The summed E-state index contributed by atoms with van der Waals surface area (Å²) >= 11 is 0. The minimum absolute atomic E-state index is 0.646. The summed E-state index contributed by atoms with van der Waals surface area (Å²) in [6, 6.07) is 0.646. The zero-order valence-electron chi connectivity index (χ0n) is 9.74. The number of nitrogens with zero attached hydrogens (tertiary/aromatic N) is 2. The van der Waals surface area contributed by atoms with Crippen LogP contribution in [0.5, 0.6) is 0 Å². The standard InChI is InChI=1S/C12H21N3/c1-3-5-11(4-2)15-9-14-8-12(15)10-6-13-7-10/h8-11,13H,3-7H2,1-2H3. The number of rotatable bonds is 5. The van der Waals surface area contributed by atoms with Gasteiger partial charge in [0.05, 0.1) is 6.33 Å². The van der Waals surface area contributed by atoms with Gasteiger partial charge in [-0.2, -0.15) is 0 Å². The fraction of sp³-hybridized carbons (Fsp3) is 0.750. The summed E-state index contributed by atoms with van der Waals surface area (Å²) < 4.78 is 2.40. The van der Waals surface area contributed by atoms with E-state index in [1.165, 1.54) is 25.0 Å². The first kappa shape index (κ1) is 10.7. The van der Waals surface area contributed by atoms with Crippen LogP contribution in [0.25, 0.3) is 0 Å². The molecule has 2 heterocycles. The van der Waals surface area contributed by atoms with Gasteiger partial charge in [-0.25, -0.2) is 4.98 Å². The first-order valence-corrected chi connectivity index (χ1v) is 6.09. The molecule has 1 saturated heterocycles. The van der Waals surface area contributed by atoms with Gasteiger partial charge in [-0.15, -0.1) is 0 Å². The van der Waals surface area contributed by atoms with Gasteiger partial charge in [-0.3, -0.25) is 0 Å². The van der Waals surface area contributed by atoms with Crippen molar-refractivity contribution in [3.63, 3.8) is 0 Å². The van der Waals surface area contributed by atoms with Crippen LogP contribution in [-0.2, 0) is 0 Å². The summed E-state index contributed by atoms with van der Waals surface area (Å²) in [4.78, 5) is 4.31. The molecule has 2 rings (SSSR count). The Morgan fingerprint density at radius 2 is 2.33 bits per heavy atom. The lowest BCUT2D eigenvalue weighted by Gasteiger charge is -2.30. The fourth-order valence-corrected chi connectivity index (χ4v) is 2.31. The summed E-state index contributed by atoms with van der Waals surface area (Å²) in [5.41, 5.74) is 1.43. The normalized spacial score (nSPS) is 18.8. The fourth-order valence-electron chi connectivity index (χ4n) is 2.31. The van der Waals surface area contributed by atoms with Crippen molar-refractivity contribution in [1.29, 1.82) is 0 Å². The van der Waals surface area contributed by atoms with E-state index in [0.717, 1.165) is 13.1 Å². The van der Waals surface area contributed by atoms with E-state index in [-0.39, 0.29) is 0 Å². The molecule has 0 amide bonds. The Bertz CT molecular complexity index is 302. The Morgan fingerprint density at radius 3 is 2.87 bits per heavy atom. The van der Waals surface area contributed by atoms with Gasteiger partial charge in [0.25, 0.3) is 0 Å². The molecule has 3 heteroatoms. The maximum atomic E-state index is 4.31. The highest BCUT2D eigenvalue weighted by Crippen LogP contribution is 2.26. The molecule has 0 aliphatic carbocycles. The van der Waals surface area contributed by atoms with Gasteiger partial charge in [0, 0.05) is 36.9 Å². The average Bonchev–Trinajstić information content (AvgIpc) is 2.60. The number of hydrogen-bond donors (Lipinski definition) is 1. The van der Waals surface area contributed by atoms with E-state index < -0.39 is 0 Å². The molecule has 0 radical (unpaired) electrons. The van der Waals surface area contributed by atoms with Gasteiger partial charge in [0.2, 0.25) is 0 Å². The van der Waals surface area contributed by atoms with Gasteiger partial charge < -0.3 is 9.88 Å². The van der Waals surface area contributed by atoms with Crippen molar-refractivity contribution in [2.45, 2.75) is 45.1 Å². The lowest BCUT2D eigenvalue weighted by Crippen LogP contribution is -2.41. The second-order valence-electron chi connectivity index (χ2n) is 4.43. The number of aromatic nitrogens is 2. The zero-order valence-corrected chi connectivity index (χ0v) is 9.74. The van der Waals surface area contributed by atoms with Crippen LogP contribution >= 0.6 is 0 Å². The first-order valence-electron chi connectivity index (χ1n) is 6.09. The maximum absolute atomic E-state index is 4.31. The lowest BCUT2D eigenvalue weighted by atomic mass is 9.98. The molecule has 1 aliphatic rings. The van der Waals surface area contributed by atoms with Gasteiger partial charge in [0.15, 0.2) is 0 Å². The van der Waals surface area contributed by atoms with Crippen LogP contribution in [0.15, 0.2) is 12.5 Å². The highest BCUT2D eigenvalue weighted by atomic mass is 15.1. The van der Waals surface area contributed by atoms with Gasteiger partial charge in [-0.1, -0.05) is 20.3 Å². The Morgan fingerprint density at radius 1 is 1.53 bits per heavy atom. The summed E-state index contributed by atoms with van der Waals surface area (Å²) in [6.45, 7) is 6.76. The van der Waals surface area contributed by atoms with Crippen molar-refractivity contribution >= 4 is 0 Å². The predicted molar refractivity (Wildman–Crippen MR) is 62.1 cm³/mol. The first-order chi connectivity index (χ1) is 7.36. The van der Waals surface area contributed by atoms with Gasteiger partial charge >= 0.3 is 0 Å². The van der Waals surface area contributed by atoms with E-state index in [2.05, 4.69) is 28.7 Å². The van der Waals surface area contributed by atoms with E-state index in [9.17, 15) is 0 Å². The summed E-state index contributed by atoms with van der Waals surface area (Å²) in [5, 5.41) is 3.32. The van der Waals surface area contributed by atoms with E-state index in [4.69, 9.17) is 0 Å². The van der Waals surface area contributed by atoms with Crippen molar-refractivity contribution in [3.05, 3.63) is 18.2 Å². The van der Waals surface area contributed by atoms with Crippen molar-refractivity contribution in [2.24, 2.45) is 0 Å². The molecule has 0 saturated carbocycles. The Hall–Kier alpha value is -0.830. The summed E-state index contributed by atoms with van der Waals surface area (Å²) in [7, 11) is 0. The van der Waals surface area contributed by atoms with Crippen LogP contribution in [0.3, 0.4) is 0 Å². The molecule has 1 aromatic heterocycles. The number of nitrogens with one attached hydrogen (secondary N) is 1. The smallest absolute Gasteiger partial charge is 0.0950 e. The molecule has 0 spiro atoms. The van der Waals surface area contributed by atoms with E-state index in [0.29, 0.717) is 12.0 Å². The average molecular weight is 207 g/mol. The lowest BCUT2D eigenvalue weighted by molar-refractivity contribution is 0.381. The molecule has 1 atom stereocenters. The third-order valence-electron chi connectivity index (χ3n) is 3.38. The van der Waals surface area contributed by atoms with Crippen LogP contribution in [0.4, 0.5) is 0 Å². The predicted octanol–water partition coefficient (Wildman–Crippen LogP) is 2.32. The molecule has 1 unspecified atom stereocenters. The molecular weight excluding hydrogens is 186 g/mol. The Labute approximate surface area is 91.9 Å². The number of hydrogen-bond acceptors (Lipinski definition) is 2. The summed E-state index contributed by atoms with van der Waals surface area (Å²) in [5.74, 6) is 0.693. The topological polar surface area (TPSA) is 29.9 Å². The molecule has 0 aromatic carbocycles. The van der Waals surface area contributed by atoms with Crippen LogP contribution in [0.1, 0.15) is 50.8 Å². The van der Waals surface area contributed by atoms with Gasteiger partial charge in [-0.05, 0) is 12.8 Å². The molecule has 1 aromatic rings. The second kappa shape index (κ2) is 4.79. The van der Waals surface area contributed by atoms with Crippen molar-refractivity contribution < 1.29 is 0 Å². The molecule has 1 aliphatic heterocycles. The third-order valence-corrected chi connectivity index (χ3v) is 3.38. The van der Waals surface area contributed by atoms with Crippen molar-refractivity contribution in [1.82, 2.24) is 14.9 Å². The quantitative estimate of drug-likeness (QED) is 0.803. The Balaban J connectivity index is 2.14. The van der Waals surface area contributed by atoms with Gasteiger partial charge in [0.1, 0.15) is 0 Å². The maximum Gasteiger partial charge on any atom is 0.0950 e. The van der Waals surface area contributed by atoms with Crippen LogP contribution < -0.4 is 5.32 Å². The van der Waals surface area contributed by atoms with Crippen molar-refractivity contribution in [2.75, 3.05) is 13.1 Å². The Kier molecular flexibility index (Phi) is 3.41. The highest BCUT2D eigenvalue weighted by Gasteiger charge is 2.24. The SMILES string of the molecule is CCCC(CC)n1cncc1C1CNC1. The molecule has 15 heavy (non-hydrogen) atoms. The van der Waals surface area contributed by atoms with Crippen LogP contribution in [0.2, 0.25) is 0 Å². The third kappa shape index (κ3) is 2.07.